The summed E-state index contributed by atoms with van der Waals surface area (Å²) in [5, 5.41) is 4.92. The van der Waals surface area contributed by atoms with Gasteiger partial charge >= 0.3 is 6.18 Å². The highest BCUT2D eigenvalue weighted by Gasteiger charge is 2.32. The predicted molar refractivity (Wildman–Crippen MR) is 111 cm³/mol. The van der Waals surface area contributed by atoms with Gasteiger partial charge in [-0.15, -0.1) is 0 Å². The molecule has 1 aromatic heterocycles. The van der Waals surface area contributed by atoms with Gasteiger partial charge in [0.25, 0.3) is 0 Å². The van der Waals surface area contributed by atoms with Crippen molar-refractivity contribution < 1.29 is 22.4 Å². The van der Waals surface area contributed by atoms with Crippen LogP contribution in [0.4, 0.5) is 28.9 Å². The van der Waals surface area contributed by atoms with E-state index in [2.05, 4.69) is 15.6 Å². The van der Waals surface area contributed by atoms with E-state index in [4.69, 9.17) is 23.2 Å². The second-order valence-corrected chi connectivity index (χ2v) is 7.33. The average molecular weight is 472 g/mol. The third-order valence-electron chi connectivity index (χ3n) is 4.23. The maximum atomic E-state index is 14.2. The third-order valence-corrected chi connectivity index (χ3v) is 4.82. The molecule has 31 heavy (non-hydrogen) atoms. The molecule has 2 N–H and O–H groups in total. The van der Waals surface area contributed by atoms with E-state index >= 15 is 0 Å². The molecule has 1 amide bonds. The first-order chi connectivity index (χ1) is 14.6. The molecule has 0 atom stereocenters. The van der Waals surface area contributed by atoms with Crippen molar-refractivity contribution in [2.75, 3.05) is 5.32 Å². The number of amides is 1. The molecule has 0 aliphatic carbocycles. The van der Waals surface area contributed by atoms with Crippen molar-refractivity contribution in [3.05, 3.63) is 87.4 Å². The maximum Gasteiger partial charge on any atom is 0.416 e. The van der Waals surface area contributed by atoms with Gasteiger partial charge in [0.05, 0.1) is 40.0 Å². The summed E-state index contributed by atoms with van der Waals surface area (Å²) in [4.78, 5) is 16.3. The summed E-state index contributed by atoms with van der Waals surface area (Å²) >= 11 is 11.9. The fourth-order valence-corrected chi connectivity index (χ4v) is 3.30. The molecule has 162 valence electrons. The van der Waals surface area contributed by atoms with Gasteiger partial charge in [-0.25, -0.2) is 4.39 Å². The van der Waals surface area contributed by atoms with Crippen molar-refractivity contribution in [3.63, 3.8) is 0 Å². The lowest BCUT2D eigenvalue weighted by molar-refractivity contribution is -0.137. The van der Waals surface area contributed by atoms with Crippen molar-refractivity contribution >= 4 is 40.5 Å². The van der Waals surface area contributed by atoms with Crippen molar-refractivity contribution in [1.82, 2.24) is 10.3 Å². The lowest BCUT2D eigenvalue weighted by Crippen LogP contribution is -2.25. The van der Waals surface area contributed by atoms with Gasteiger partial charge in [0.1, 0.15) is 5.82 Å². The molecule has 0 spiro atoms. The van der Waals surface area contributed by atoms with E-state index in [1.165, 1.54) is 12.1 Å². The summed E-state index contributed by atoms with van der Waals surface area (Å²) in [6.07, 6.45) is -3.26. The first-order valence-corrected chi connectivity index (χ1v) is 9.67. The first kappa shape index (κ1) is 22.8. The summed E-state index contributed by atoms with van der Waals surface area (Å²) < 4.78 is 52.8. The number of carbonyl (C=O) groups excluding carboxylic acids is 1. The predicted octanol–water partition coefficient (Wildman–Crippen LogP) is 6.15. The van der Waals surface area contributed by atoms with Crippen LogP contribution in [-0.4, -0.2) is 10.9 Å². The summed E-state index contributed by atoms with van der Waals surface area (Å²) in [5.41, 5.74) is 0.0874. The standard InChI is InChI=1S/C21H15Cl2F4N3O/c22-16-9-13(21(25,26)27)10-17(23)20(16)30-14-4-5-18(24)12(7-14)8-19(31)29-11-15-3-1-2-6-28-15/h1-7,9-10,30H,8,11H2,(H,29,31). The zero-order valence-electron chi connectivity index (χ0n) is 15.7. The Bertz CT molecular complexity index is 1070. The van der Waals surface area contributed by atoms with E-state index in [1.54, 1.807) is 24.4 Å². The molecular weight excluding hydrogens is 457 g/mol. The second kappa shape index (κ2) is 9.53. The fourth-order valence-electron chi connectivity index (χ4n) is 2.72. The van der Waals surface area contributed by atoms with Gasteiger partial charge in [-0.05, 0) is 48.0 Å². The molecule has 0 saturated heterocycles. The Morgan fingerprint density at radius 2 is 1.74 bits per heavy atom. The van der Waals surface area contributed by atoms with Crippen LogP contribution >= 0.6 is 23.2 Å². The number of benzene rings is 2. The number of rotatable bonds is 6. The van der Waals surface area contributed by atoms with Crippen LogP contribution in [0.5, 0.6) is 0 Å². The average Bonchev–Trinajstić information content (AvgIpc) is 2.71. The Labute approximate surface area is 185 Å². The highest BCUT2D eigenvalue weighted by atomic mass is 35.5. The van der Waals surface area contributed by atoms with Gasteiger partial charge in [-0.3, -0.25) is 9.78 Å². The Morgan fingerprint density at radius 1 is 1.03 bits per heavy atom. The van der Waals surface area contributed by atoms with E-state index in [0.717, 1.165) is 18.2 Å². The van der Waals surface area contributed by atoms with Crippen LogP contribution in [0, 0.1) is 5.82 Å². The molecule has 10 heteroatoms. The molecule has 3 aromatic rings. The minimum atomic E-state index is -4.60. The van der Waals surface area contributed by atoms with Crippen LogP contribution in [0.25, 0.3) is 0 Å². The number of alkyl halides is 3. The number of nitrogens with zero attached hydrogens (tertiary/aromatic N) is 1. The zero-order valence-corrected chi connectivity index (χ0v) is 17.2. The highest BCUT2D eigenvalue weighted by molar-refractivity contribution is 6.39. The fraction of sp³-hybridized carbons (Fsp3) is 0.143. The highest BCUT2D eigenvalue weighted by Crippen LogP contribution is 2.39. The molecule has 0 aliphatic rings. The molecule has 0 saturated carbocycles. The maximum absolute atomic E-state index is 14.2. The van der Waals surface area contributed by atoms with Gasteiger partial charge in [0.2, 0.25) is 5.91 Å². The van der Waals surface area contributed by atoms with Crippen LogP contribution in [-0.2, 0) is 23.9 Å². The SMILES string of the molecule is O=C(Cc1cc(Nc2c(Cl)cc(C(F)(F)F)cc2Cl)ccc1F)NCc1ccccn1. The van der Waals surface area contributed by atoms with E-state index in [-0.39, 0.29) is 34.3 Å². The van der Waals surface area contributed by atoms with Crippen molar-refractivity contribution in [1.29, 1.82) is 0 Å². The molecule has 2 aromatic carbocycles. The van der Waals surface area contributed by atoms with Gasteiger partial charge in [0, 0.05) is 11.9 Å². The summed E-state index contributed by atoms with van der Waals surface area (Å²) in [5.74, 6) is -1.03. The van der Waals surface area contributed by atoms with Crippen LogP contribution in [0.3, 0.4) is 0 Å². The van der Waals surface area contributed by atoms with Crippen LogP contribution in [0.2, 0.25) is 10.0 Å². The van der Waals surface area contributed by atoms with Crippen LogP contribution in [0.15, 0.2) is 54.7 Å². The third kappa shape index (κ3) is 6.08. The van der Waals surface area contributed by atoms with Crippen LogP contribution < -0.4 is 10.6 Å². The first-order valence-electron chi connectivity index (χ1n) is 8.92. The quantitative estimate of drug-likeness (QED) is 0.424. The normalized spacial score (nSPS) is 11.3. The molecular formula is C21H15Cl2F4N3O. The van der Waals surface area contributed by atoms with E-state index < -0.39 is 23.5 Å². The van der Waals surface area contributed by atoms with E-state index in [1.807, 2.05) is 0 Å². The van der Waals surface area contributed by atoms with Crippen LogP contribution in [0.1, 0.15) is 16.8 Å². The molecule has 3 rings (SSSR count). The van der Waals surface area contributed by atoms with Crippen molar-refractivity contribution in [3.8, 4) is 0 Å². The number of halogens is 6. The lowest BCUT2D eigenvalue weighted by atomic mass is 10.1. The largest absolute Gasteiger partial charge is 0.416 e. The Morgan fingerprint density at radius 3 is 2.35 bits per heavy atom. The summed E-state index contributed by atoms with van der Waals surface area (Å²) in [6, 6.07) is 10.6. The molecule has 0 fully saturated rings. The molecule has 0 bridgehead atoms. The molecule has 4 nitrogen and oxygen atoms in total. The van der Waals surface area contributed by atoms with Gasteiger partial charge in [-0.1, -0.05) is 29.3 Å². The Hall–Kier alpha value is -2.84. The number of nitrogens with one attached hydrogen (secondary N) is 2. The summed E-state index contributed by atoms with van der Waals surface area (Å²) in [6.45, 7) is 0.190. The summed E-state index contributed by atoms with van der Waals surface area (Å²) in [7, 11) is 0. The number of hydrogen-bond donors (Lipinski definition) is 2. The number of aromatic nitrogens is 1. The molecule has 0 radical (unpaired) electrons. The van der Waals surface area contributed by atoms with E-state index in [0.29, 0.717) is 11.4 Å². The second-order valence-electron chi connectivity index (χ2n) is 6.52. The zero-order chi connectivity index (χ0) is 22.6. The number of hydrogen-bond acceptors (Lipinski definition) is 3. The van der Waals surface area contributed by atoms with Gasteiger partial charge < -0.3 is 10.6 Å². The smallest absolute Gasteiger partial charge is 0.353 e. The van der Waals surface area contributed by atoms with Gasteiger partial charge in [-0.2, -0.15) is 13.2 Å². The minimum Gasteiger partial charge on any atom is -0.353 e. The number of pyridine rings is 1. The molecule has 0 aliphatic heterocycles. The monoisotopic (exact) mass is 471 g/mol. The van der Waals surface area contributed by atoms with Crippen molar-refractivity contribution in [2.45, 2.75) is 19.1 Å². The van der Waals surface area contributed by atoms with Gasteiger partial charge in [0.15, 0.2) is 0 Å². The topological polar surface area (TPSA) is 54.0 Å². The molecule has 1 heterocycles. The Balaban J connectivity index is 1.73. The number of anilines is 2. The Kier molecular flexibility index (Phi) is 7.02. The van der Waals surface area contributed by atoms with E-state index in [9.17, 15) is 22.4 Å². The van der Waals surface area contributed by atoms with Crippen molar-refractivity contribution in [2.24, 2.45) is 0 Å². The molecule has 0 unspecified atom stereocenters. The minimum absolute atomic E-state index is 0.0356. The lowest BCUT2D eigenvalue weighted by Gasteiger charge is -2.15. The number of carbonyl (C=O) groups is 1.